The molecular formula is C23H21ClFN3O3. The van der Waals surface area contributed by atoms with Crippen LogP contribution in [0.1, 0.15) is 34.7 Å². The number of benzene rings is 3. The fraction of sp³-hybridized carbons (Fsp3) is 0.174. The van der Waals surface area contributed by atoms with E-state index in [2.05, 4.69) is 10.7 Å². The molecule has 1 aliphatic heterocycles. The lowest BCUT2D eigenvalue weighted by Gasteiger charge is -2.25. The Morgan fingerprint density at radius 1 is 1.06 bits per heavy atom. The second-order valence-corrected chi connectivity index (χ2v) is 7.78. The van der Waals surface area contributed by atoms with Crippen LogP contribution >= 0.6 is 11.6 Å². The second kappa shape index (κ2) is 8.64. The Morgan fingerprint density at radius 3 is 2.39 bits per heavy atom. The van der Waals surface area contributed by atoms with Crippen LogP contribution in [0.15, 0.2) is 60.7 Å². The number of fused-ring (bicyclic) bond motifs is 1. The predicted molar refractivity (Wildman–Crippen MR) is 116 cm³/mol. The van der Waals surface area contributed by atoms with E-state index in [4.69, 9.17) is 11.6 Å². The lowest BCUT2D eigenvalue weighted by atomic mass is 10.1. The lowest BCUT2D eigenvalue weighted by Crippen LogP contribution is -2.44. The van der Waals surface area contributed by atoms with Crippen LogP contribution in [0.2, 0.25) is 5.02 Å². The normalized spacial score (nSPS) is 18.0. The highest BCUT2D eigenvalue weighted by Crippen LogP contribution is 2.37. The first-order valence-electron chi connectivity index (χ1n) is 9.68. The average molecular weight is 442 g/mol. The Labute approximate surface area is 183 Å². The molecule has 3 aromatic carbocycles. The van der Waals surface area contributed by atoms with Crippen molar-refractivity contribution in [3.8, 4) is 0 Å². The van der Waals surface area contributed by atoms with Crippen LogP contribution in [0.5, 0.6) is 0 Å². The van der Waals surface area contributed by atoms with E-state index < -0.39 is 24.2 Å². The van der Waals surface area contributed by atoms with E-state index in [9.17, 15) is 19.4 Å². The maximum atomic E-state index is 14.2. The molecule has 0 aromatic heterocycles. The van der Waals surface area contributed by atoms with Gasteiger partial charge in [0.1, 0.15) is 5.82 Å². The molecule has 0 radical (unpaired) electrons. The molecule has 31 heavy (non-hydrogen) atoms. The van der Waals surface area contributed by atoms with Gasteiger partial charge in [0.05, 0.1) is 17.1 Å². The Hall–Kier alpha value is -2.97. The number of aliphatic hydroxyl groups excluding tert-OH is 2. The third-order valence-electron chi connectivity index (χ3n) is 5.17. The van der Waals surface area contributed by atoms with Crippen LogP contribution in [0.25, 0.3) is 0 Å². The number of halogens is 2. The molecule has 6 nitrogen and oxygen atoms in total. The summed E-state index contributed by atoms with van der Waals surface area (Å²) in [6.45, 7) is 1.88. The van der Waals surface area contributed by atoms with Crippen LogP contribution < -0.4 is 10.7 Å². The summed E-state index contributed by atoms with van der Waals surface area (Å²) < 4.78 is 14.2. The van der Waals surface area contributed by atoms with Crippen LogP contribution in [-0.2, 0) is 11.2 Å². The van der Waals surface area contributed by atoms with Gasteiger partial charge in [-0.2, -0.15) is 5.01 Å². The first kappa shape index (κ1) is 21.3. The van der Waals surface area contributed by atoms with E-state index in [1.807, 2.05) is 19.1 Å². The molecule has 2 unspecified atom stereocenters. The molecule has 4 N–H and O–H groups in total. The van der Waals surface area contributed by atoms with Crippen LogP contribution in [0.3, 0.4) is 0 Å². The minimum atomic E-state index is -1.16. The van der Waals surface area contributed by atoms with Gasteiger partial charge in [0.15, 0.2) is 12.5 Å². The predicted octanol–water partition coefficient (Wildman–Crippen LogP) is 4.10. The number of carbonyl (C=O) groups excluding carboxylic acids is 1. The number of aryl methyl sites for hydroxylation is 1. The van der Waals surface area contributed by atoms with Crippen molar-refractivity contribution in [2.75, 3.05) is 5.32 Å². The van der Waals surface area contributed by atoms with Crippen LogP contribution in [0.4, 0.5) is 15.8 Å². The quantitative estimate of drug-likeness (QED) is 0.479. The molecule has 1 amide bonds. The van der Waals surface area contributed by atoms with E-state index in [0.717, 1.165) is 10.6 Å². The van der Waals surface area contributed by atoms with Crippen molar-refractivity contribution in [1.29, 1.82) is 0 Å². The molecule has 4 rings (SSSR count). The van der Waals surface area contributed by atoms with Crippen molar-refractivity contribution in [2.24, 2.45) is 0 Å². The van der Waals surface area contributed by atoms with Gasteiger partial charge in [0, 0.05) is 16.8 Å². The number of rotatable bonds is 5. The van der Waals surface area contributed by atoms with Crippen LogP contribution in [-0.4, -0.2) is 21.1 Å². The SMILES string of the molecule is Cc1ccc(Nc2c(F)cccc2Cl)c(CC(=O)NN2C(O)c3ccccc3C2O)c1. The van der Waals surface area contributed by atoms with Gasteiger partial charge in [-0.1, -0.05) is 59.6 Å². The number of hydrogen-bond donors (Lipinski definition) is 4. The summed E-state index contributed by atoms with van der Waals surface area (Å²) in [5.41, 5.74) is 5.81. The molecule has 0 saturated heterocycles. The molecule has 1 heterocycles. The largest absolute Gasteiger partial charge is 0.372 e. The summed E-state index contributed by atoms with van der Waals surface area (Å²) in [5, 5.41) is 25.2. The van der Waals surface area contributed by atoms with Crippen molar-refractivity contribution in [2.45, 2.75) is 25.8 Å². The van der Waals surface area contributed by atoms with Gasteiger partial charge >= 0.3 is 0 Å². The number of aliphatic hydroxyl groups is 2. The Bertz CT molecular complexity index is 1090. The summed E-state index contributed by atoms with van der Waals surface area (Å²) in [6.07, 6.45) is -2.40. The number of hydrazine groups is 1. The van der Waals surface area contributed by atoms with Crippen molar-refractivity contribution in [3.63, 3.8) is 0 Å². The van der Waals surface area contributed by atoms with Crippen molar-refractivity contribution >= 4 is 28.9 Å². The monoisotopic (exact) mass is 441 g/mol. The number of hydrogen-bond acceptors (Lipinski definition) is 5. The highest BCUT2D eigenvalue weighted by Gasteiger charge is 2.37. The minimum Gasteiger partial charge on any atom is -0.372 e. The standard InChI is InChI=1S/C23H21ClFN3O3/c1-13-9-10-19(26-21-17(24)7-4-8-18(21)25)14(11-13)12-20(29)27-28-22(30)15-5-2-3-6-16(15)23(28)31/h2-11,22-23,26,30-31H,12H2,1H3,(H,27,29). The van der Waals surface area contributed by atoms with E-state index >= 15 is 0 Å². The third kappa shape index (κ3) is 4.26. The third-order valence-corrected chi connectivity index (χ3v) is 5.48. The van der Waals surface area contributed by atoms with Crippen molar-refractivity contribution < 1.29 is 19.4 Å². The Kier molecular flexibility index (Phi) is 5.93. The number of anilines is 2. The fourth-order valence-corrected chi connectivity index (χ4v) is 3.85. The summed E-state index contributed by atoms with van der Waals surface area (Å²) in [7, 11) is 0. The average Bonchev–Trinajstić information content (AvgIpc) is 2.97. The maximum Gasteiger partial charge on any atom is 0.238 e. The summed E-state index contributed by atoms with van der Waals surface area (Å²) in [6, 6.07) is 16.6. The smallest absolute Gasteiger partial charge is 0.238 e. The van der Waals surface area contributed by atoms with Gasteiger partial charge in [-0.05, 0) is 30.7 Å². The van der Waals surface area contributed by atoms with Gasteiger partial charge < -0.3 is 15.5 Å². The molecule has 0 spiro atoms. The first-order valence-corrected chi connectivity index (χ1v) is 10.1. The summed E-state index contributed by atoms with van der Waals surface area (Å²) >= 11 is 6.11. The summed E-state index contributed by atoms with van der Waals surface area (Å²) in [5.74, 6) is -0.955. The van der Waals surface area contributed by atoms with Gasteiger partial charge in [-0.3, -0.25) is 10.2 Å². The molecular weight excluding hydrogens is 421 g/mol. The molecule has 3 aromatic rings. The van der Waals surface area contributed by atoms with E-state index in [0.29, 0.717) is 22.4 Å². The lowest BCUT2D eigenvalue weighted by molar-refractivity contribution is -0.149. The van der Waals surface area contributed by atoms with Gasteiger partial charge in [0.25, 0.3) is 0 Å². The Morgan fingerprint density at radius 2 is 1.74 bits per heavy atom. The fourth-order valence-electron chi connectivity index (χ4n) is 3.64. The molecule has 1 aliphatic rings. The van der Waals surface area contributed by atoms with Gasteiger partial charge in [0.2, 0.25) is 5.91 Å². The first-order chi connectivity index (χ1) is 14.8. The van der Waals surface area contributed by atoms with Crippen LogP contribution in [0, 0.1) is 12.7 Å². The molecule has 0 saturated carbocycles. The minimum absolute atomic E-state index is 0.0671. The topological polar surface area (TPSA) is 84.8 Å². The van der Waals surface area contributed by atoms with E-state index in [-0.39, 0.29) is 17.1 Å². The van der Waals surface area contributed by atoms with E-state index in [1.54, 1.807) is 36.4 Å². The zero-order chi connectivity index (χ0) is 22.1. The number of nitrogens with one attached hydrogen (secondary N) is 2. The van der Waals surface area contributed by atoms with Gasteiger partial charge in [-0.25, -0.2) is 4.39 Å². The van der Waals surface area contributed by atoms with Gasteiger partial charge in [-0.15, -0.1) is 0 Å². The molecule has 2 atom stereocenters. The number of para-hydroxylation sites is 1. The molecule has 0 aliphatic carbocycles. The number of carbonyl (C=O) groups is 1. The molecule has 160 valence electrons. The maximum absolute atomic E-state index is 14.2. The highest BCUT2D eigenvalue weighted by atomic mass is 35.5. The molecule has 0 fully saturated rings. The zero-order valence-electron chi connectivity index (χ0n) is 16.6. The zero-order valence-corrected chi connectivity index (χ0v) is 17.4. The summed E-state index contributed by atoms with van der Waals surface area (Å²) in [4.78, 5) is 12.8. The number of nitrogens with zero attached hydrogens (tertiary/aromatic N) is 1. The van der Waals surface area contributed by atoms with Crippen molar-refractivity contribution in [1.82, 2.24) is 10.4 Å². The highest BCUT2D eigenvalue weighted by molar-refractivity contribution is 6.33. The second-order valence-electron chi connectivity index (χ2n) is 7.38. The molecule has 8 heteroatoms. The number of amides is 1. The van der Waals surface area contributed by atoms with Crippen molar-refractivity contribution in [3.05, 3.63) is 93.8 Å². The Balaban J connectivity index is 1.53. The molecule has 0 bridgehead atoms. The van der Waals surface area contributed by atoms with E-state index in [1.165, 1.54) is 12.1 Å².